The third-order valence-electron chi connectivity index (χ3n) is 2.65. The predicted molar refractivity (Wildman–Crippen MR) is 63.2 cm³/mol. The van der Waals surface area contributed by atoms with Gasteiger partial charge in [0.2, 0.25) is 0 Å². The number of hydrogen-bond donors (Lipinski definition) is 1. The number of benzene rings is 1. The van der Waals surface area contributed by atoms with Gasteiger partial charge in [-0.15, -0.1) is 5.10 Å². The number of rotatable bonds is 4. The molecule has 0 atom stereocenters. The summed E-state index contributed by atoms with van der Waals surface area (Å²) in [5.74, 6) is 0.800. The van der Waals surface area contributed by atoms with Gasteiger partial charge in [0.05, 0.1) is 25.1 Å². The minimum absolute atomic E-state index is 0.0840. The normalized spacial score (nSPS) is 10.5. The average molecular weight is 233 g/mol. The number of nitrogens with zero attached hydrogens (tertiary/aromatic N) is 3. The molecule has 2 aromatic rings. The maximum absolute atomic E-state index is 9.16. The van der Waals surface area contributed by atoms with Crippen molar-refractivity contribution in [3.05, 3.63) is 35.7 Å². The number of aromatic nitrogens is 3. The predicted octanol–water partition coefficient (Wildman–Crippen LogP) is 1.33. The fraction of sp³-hybridized carbons (Fsp3) is 0.333. The van der Waals surface area contributed by atoms with Crippen LogP contribution in [0.15, 0.2) is 24.3 Å². The van der Waals surface area contributed by atoms with Gasteiger partial charge < -0.3 is 9.84 Å². The van der Waals surface area contributed by atoms with Crippen LogP contribution in [0.1, 0.15) is 18.3 Å². The Kier molecular flexibility index (Phi) is 3.39. The molecule has 0 radical (unpaired) electrons. The van der Waals surface area contributed by atoms with Crippen LogP contribution >= 0.6 is 0 Å². The highest BCUT2D eigenvalue weighted by atomic mass is 16.5. The molecule has 5 heteroatoms. The molecular formula is C12H15N3O2. The summed E-state index contributed by atoms with van der Waals surface area (Å²) >= 11 is 0. The first-order valence-electron chi connectivity index (χ1n) is 5.49. The van der Waals surface area contributed by atoms with Crippen LogP contribution in [0.5, 0.6) is 5.75 Å². The number of aliphatic hydroxyl groups is 1. The highest BCUT2D eigenvalue weighted by Gasteiger charge is 2.11. The topological polar surface area (TPSA) is 60.2 Å². The lowest BCUT2D eigenvalue weighted by Crippen LogP contribution is -2.02. The van der Waals surface area contributed by atoms with E-state index in [1.54, 1.807) is 11.8 Å². The van der Waals surface area contributed by atoms with Crippen molar-refractivity contribution in [2.45, 2.75) is 20.0 Å². The molecule has 0 amide bonds. The van der Waals surface area contributed by atoms with Gasteiger partial charge in [0.25, 0.3) is 0 Å². The van der Waals surface area contributed by atoms with Crippen LogP contribution < -0.4 is 4.74 Å². The summed E-state index contributed by atoms with van der Waals surface area (Å²) in [4.78, 5) is 0. The Morgan fingerprint density at radius 2 is 2.00 bits per heavy atom. The lowest BCUT2D eigenvalue weighted by atomic mass is 10.2. The molecule has 1 aromatic heterocycles. The zero-order valence-electron chi connectivity index (χ0n) is 9.92. The monoisotopic (exact) mass is 233 g/mol. The molecule has 0 aliphatic rings. The van der Waals surface area contributed by atoms with Gasteiger partial charge in [-0.2, -0.15) is 0 Å². The first kappa shape index (κ1) is 11.6. The molecule has 1 aromatic carbocycles. The molecule has 1 N–H and O–H groups in total. The summed E-state index contributed by atoms with van der Waals surface area (Å²) in [5, 5.41) is 17.2. The van der Waals surface area contributed by atoms with Crippen molar-refractivity contribution in [1.82, 2.24) is 15.0 Å². The Morgan fingerprint density at radius 3 is 2.53 bits per heavy atom. The maximum atomic E-state index is 9.16. The summed E-state index contributed by atoms with van der Waals surface area (Å²) in [7, 11) is 1.63. The van der Waals surface area contributed by atoms with Gasteiger partial charge >= 0.3 is 0 Å². The van der Waals surface area contributed by atoms with Crippen molar-refractivity contribution in [2.75, 3.05) is 7.11 Å². The Balaban J connectivity index is 2.41. The van der Waals surface area contributed by atoms with Crippen LogP contribution in [-0.2, 0) is 13.0 Å². The van der Waals surface area contributed by atoms with E-state index >= 15 is 0 Å². The number of aliphatic hydroxyl groups excluding tert-OH is 1. The average Bonchev–Trinajstić information content (AvgIpc) is 2.81. The van der Waals surface area contributed by atoms with Gasteiger partial charge in [0.15, 0.2) is 0 Å². The molecule has 0 saturated heterocycles. The van der Waals surface area contributed by atoms with Crippen molar-refractivity contribution in [3.63, 3.8) is 0 Å². The molecule has 5 nitrogen and oxygen atoms in total. The van der Waals surface area contributed by atoms with Crippen molar-refractivity contribution >= 4 is 0 Å². The van der Waals surface area contributed by atoms with Gasteiger partial charge in [-0.3, -0.25) is 0 Å². The Labute approximate surface area is 99.7 Å². The third-order valence-corrected chi connectivity index (χ3v) is 2.65. The van der Waals surface area contributed by atoms with Gasteiger partial charge in [-0.1, -0.05) is 12.1 Å². The van der Waals surface area contributed by atoms with Crippen LogP contribution in [0, 0.1) is 0 Å². The second-order valence-electron chi connectivity index (χ2n) is 3.60. The van der Waals surface area contributed by atoms with Crippen LogP contribution in [0.2, 0.25) is 0 Å². The van der Waals surface area contributed by atoms with Gasteiger partial charge in [-0.25, -0.2) is 4.68 Å². The maximum Gasteiger partial charge on any atom is 0.119 e. The zero-order valence-corrected chi connectivity index (χ0v) is 9.92. The minimum Gasteiger partial charge on any atom is -0.497 e. The van der Waals surface area contributed by atoms with Gasteiger partial charge in [-0.05, 0) is 30.7 Å². The van der Waals surface area contributed by atoms with Crippen molar-refractivity contribution in [2.24, 2.45) is 0 Å². The molecule has 2 rings (SSSR count). The van der Waals surface area contributed by atoms with E-state index in [1.807, 2.05) is 31.2 Å². The molecule has 0 spiro atoms. The highest BCUT2D eigenvalue weighted by Crippen LogP contribution is 2.17. The number of ether oxygens (including phenoxy) is 1. The number of methoxy groups -OCH3 is 1. The molecule has 1 heterocycles. The van der Waals surface area contributed by atoms with Crippen LogP contribution in [-0.4, -0.2) is 27.2 Å². The van der Waals surface area contributed by atoms with E-state index < -0.39 is 0 Å². The summed E-state index contributed by atoms with van der Waals surface area (Å²) in [6, 6.07) is 7.56. The van der Waals surface area contributed by atoms with Crippen LogP contribution in [0.4, 0.5) is 0 Å². The molecule has 0 aliphatic heterocycles. The SMILES string of the molecule is CCc1c(CO)nnn1-c1ccc(OC)cc1. The fourth-order valence-electron chi connectivity index (χ4n) is 1.74. The number of hydrogen-bond acceptors (Lipinski definition) is 4. The van der Waals surface area contributed by atoms with E-state index in [0.29, 0.717) is 5.69 Å². The molecule has 0 aliphatic carbocycles. The summed E-state index contributed by atoms with van der Waals surface area (Å²) in [6.45, 7) is 1.93. The lowest BCUT2D eigenvalue weighted by Gasteiger charge is -2.06. The van der Waals surface area contributed by atoms with Crippen molar-refractivity contribution < 1.29 is 9.84 Å². The third kappa shape index (κ3) is 2.14. The summed E-state index contributed by atoms with van der Waals surface area (Å²) in [5.41, 5.74) is 2.47. The van der Waals surface area contributed by atoms with Gasteiger partial charge in [0, 0.05) is 0 Å². The van der Waals surface area contributed by atoms with E-state index in [1.165, 1.54) is 0 Å². The van der Waals surface area contributed by atoms with Crippen molar-refractivity contribution in [1.29, 1.82) is 0 Å². The molecule has 0 saturated carbocycles. The summed E-state index contributed by atoms with van der Waals surface area (Å²) < 4.78 is 6.84. The molecular weight excluding hydrogens is 218 g/mol. The van der Waals surface area contributed by atoms with E-state index in [2.05, 4.69) is 10.3 Å². The highest BCUT2D eigenvalue weighted by molar-refractivity contribution is 5.38. The first-order chi connectivity index (χ1) is 8.30. The second kappa shape index (κ2) is 4.97. The Bertz CT molecular complexity index is 491. The molecule has 0 fully saturated rings. The first-order valence-corrected chi connectivity index (χ1v) is 5.49. The Morgan fingerprint density at radius 1 is 1.29 bits per heavy atom. The molecule has 17 heavy (non-hydrogen) atoms. The summed E-state index contributed by atoms with van der Waals surface area (Å²) in [6.07, 6.45) is 0.773. The smallest absolute Gasteiger partial charge is 0.119 e. The van der Waals surface area contributed by atoms with E-state index in [4.69, 9.17) is 9.84 Å². The van der Waals surface area contributed by atoms with E-state index in [9.17, 15) is 0 Å². The van der Waals surface area contributed by atoms with Gasteiger partial charge in [0.1, 0.15) is 11.4 Å². The lowest BCUT2D eigenvalue weighted by molar-refractivity contribution is 0.275. The standard InChI is InChI=1S/C12H15N3O2/c1-3-12-11(8-16)13-14-15(12)9-4-6-10(17-2)7-5-9/h4-7,16H,3,8H2,1-2H3. The quantitative estimate of drug-likeness (QED) is 0.865. The van der Waals surface area contributed by atoms with Crippen LogP contribution in [0.3, 0.4) is 0 Å². The van der Waals surface area contributed by atoms with Crippen molar-refractivity contribution in [3.8, 4) is 11.4 Å². The van der Waals surface area contributed by atoms with E-state index in [0.717, 1.165) is 23.6 Å². The molecule has 0 unspecified atom stereocenters. The molecule has 0 bridgehead atoms. The molecule has 90 valence electrons. The van der Waals surface area contributed by atoms with Crippen LogP contribution in [0.25, 0.3) is 5.69 Å². The largest absolute Gasteiger partial charge is 0.497 e. The zero-order chi connectivity index (χ0) is 12.3. The second-order valence-corrected chi connectivity index (χ2v) is 3.60. The van der Waals surface area contributed by atoms with E-state index in [-0.39, 0.29) is 6.61 Å². The minimum atomic E-state index is -0.0840. The Hall–Kier alpha value is -1.88. The fourth-order valence-corrected chi connectivity index (χ4v) is 1.74.